The van der Waals surface area contributed by atoms with Crippen LogP contribution in [0.5, 0.6) is 0 Å². The average molecular weight is 218 g/mol. The number of nitrogens with zero attached hydrogens (tertiary/aromatic N) is 1. The second-order valence-electron chi connectivity index (χ2n) is 3.80. The maximum Gasteiger partial charge on any atom is 0.248 e. The number of aromatic nitrogens is 1. The molecule has 14 heavy (non-hydrogen) atoms. The predicted octanol–water partition coefficient (Wildman–Crippen LogP) is 2.58. The lowest BCUT2D eigenvalue weighted by molar-refractivity contribution is 0.00395. The molecule has 1 heterocycles. The summed E-state index contributed by atoms with van der Waals surface area (Å²) in [5.41, 5.74) is 5.90. The molecule has 0 saturated heterocycles. The van der Waals surface area contributed by atoms with Crippen LogP contribution >= 0.6 is 11.5 Å². The highest BCUT2D eigenvalue weighted by atomic mass is 32.1. The largest absolute Gasteiger partial charge is 0.323 e. The fraction of sp³-hybridized carbons (Fsp3) is 0.667. The molecule has 0 spiro atoms. The first-order valence-electron chi connectivity index (χ1n) is 4.62. The molecule has 2 N–H and O–H groups in total. The van der Waals surface area contributed by atoms with Crippen molar-refractivity contribution in [3.05, 3.63) is 17.1 Å². The number of hydrogen-bond donors (Lipinski definition) is 1. The van der Waals surface area contributed by atoms with Gasteiger partial charge in [-0.1, -0.05) is 0 Å². The number of halogens is 2. The molecule has 78 valence electrons. The van der Waals surface area contributed by atoms with Gasteiger partial charge in [0.15, 0.2) is 0 Å². The SMILES string of the molecule is NC(c1ccns1)C1CCC(F)(F)C1. The molecule has 0 bridgehead atoms. The molecule has 0 aromatic carbocycles. The molecule has 1 aromatic rings. The minimum atomic E-state index is -2.51. The van der Waals surface area contributed by atoms with E-state index in [1.165, 1.54) is 11.5 Å². The molecular formula is C9H12F2N2S. The van der Waals surface area contributed by atoms with Gasteiger partial charge in [0.05, 0.1) is 0 Å². The Hall–Kier alpha value is -0.550. The summed E-state index contributed by atoms with van der Waals surface area (Å²) in [5, 5.41) is 0. The first-order valence-corrected chi connectivity index (χ1v) is 5.40. The van der Waals surface area contributed by atoms with Crippen molar-refractivity contribution in [2.24, 2.45) is 11.7 Å². The second kappa shape index (κ2) is 3.55. The van der Waals surface area contributed by atoms with Crippen LogP contribution in [0, 0.1) is 5.92 Å². The molecule has 2 rings (SSSR count). The zero-order valence-corrected chi connectivity index (χ0v) is 8.44. The molecule has 2 atom stereocenters. The molecule has 1 saturated carbocycles. The van der Waals surface area contributed by atoms with Gasteiger partial charge in [-0.3, -0.25) is 0 Å². The highest BCUT2D eigenvalue weighted by Crippen LogP contribution is 2.43. The van der Waals surface area contributed by atoms with Crippen LogP contribution in [-0.4, -0.2) is 10.3 Å². The smallest absolute Gasteiger partial charge is 0.248 e. The van der Waals surface area contributed by atoms with Gasteiger partial charge in [0, 0.05) is 30.0 Å². The maximum absolute atomic E-state index is 12.9. The summed E-state index contributed by atoms with van der Waals surface area (Å²) < 4.78 is 29.8. The minimum Gasteiger partial charge on any atom is -0.323 e. The van der Waals surface area contributed by atoms with Crippen molar-refractivity contribution in [2.45, 2.75) is 31.2 Å². The summed E-state index contributed by atoms with van der Waals surface area (Å²) in [6, 6.07) is 1.54. The molecule has 1 aliphatic rings. The summed E-state index contributed by atoms with van der Waals surface area (Å²) >= 11 is 1.30. The van der Waals surface area contributed by atoms with Gasteiger partial charge >= 0.3 is 0 Å². The van der Waals surface area contributed by atoms with Gasteiger partial charge in [0.2, 0.25) is 5.92 Å². The lowest BCUT2D eigenvalue weighted by atomic mass is 9.97. The number of nitrogens with two attached hydrogens (primary N) is 1. The number of alkyl halides is 2. The molecular weight excluding hydrogens is 206 g/mol. The van der Waals surface area contributed by atoms with E-state index in [2.05, 4.69) is 4.37 Å². The topological polar surface area (TPSA) is 38.9 Å². The van der Waals surface area contributed by atoms with Gasteiger partial charge in [-0.2, -0.15) is 0 Å². The van der Waals surface area contributed by atoms with Crippen LogP contribution in [0.1, 0.15) is 30.2 Å². The van der Waals surface area contributed by atoms with Crippen LogP contribution in [0.25, 0.3) is 0 Å². The van der Waals surface area contributed by atoms with Gasteiger partial charge in [-0.15, -0.1) is 0 Å². The zero-order valence-electron chi connectivity index (χ0n) is 7.62. The van der Waals surface area contributed by atoms with Crippen LogP contribution in [0.2, 0.25) is 0 Å². The van der Waals surface area contributed by atoms with Gasteiger partial charge in [-0.05, 0) is 29.9 Å². The van der Waals surface area contributed by atoms with Crippen molar-refractivity contribution in [3.63, 3.8) is 0 Å². The minimum absolute atomic E-state index is 0.0236. The van der Waals surface area contributed by atoms with E-state index >= 15 is 0 Å². The quantitative estimate of drug-likeness (QED) is 0.828. The van der Waals surface area contributed by atoms with Crippen molar-refractivity contribution in [2.75, 3.05) is 0 Å². The van der Waals surface area contributed by atoms with Gasteiger partial charge < -0.3 is 5.73 Å². The van der Waals surface area contributed by atoms with E-state index in [1.807, 2.05) is 6.07 Å². The summed E-state index contributed by atoms with van der Waals surface area (Å²) in [6.45, 7) is 0. The fourth-order valence-electron chi connectivity index (χ4n) is 1.92. The van der Waals surface area contributed by atoms with Crippen molar-refractivity contribution in [1.82, 2.24) is 4.37 Å². The fourth-order valence-corrected chi connectivity index (χ4v) is 2.60. The van der Waals surface area contributed by atoms with Gasteiger partial charge in [0.1, 0.15) is 0 Å². The number of rotatable bonds is 2. The zero-order chi connectivity index (χ0) is 10.2. The van der Waals surface area contributed by atoms with Crippen molar-refractivity contribution in [3.8, 4) is 0 Å². The number of hydrogen-bond acceptors (Lipinski definition) is 3. The van der Waals surface area contributed by atoms with E-state index in [4.69, 9.17) is 5.73 Å². The van der Waals surface area contributed by atoms with Crippen LogP contribution in [0.15, 0.2) is 12.3 Å². The Bertz CT molecular complexity index is 300. The standard InChI is InChI=1S/C9H12F2N2S/c10-9(11)3-1-6(5-9)8(12)7-2-4-13-14-7/h2,4,6,8H,1,3,5,12H2. The van der Waals surface area contributed by atoms with Crippen molar-refractivity contribution in [1.29, 1.82) is 0 Å². The molecule has 1 aliphatic carbocycles. The first kappa shape index (κ1) is 9.98. The van der Waals surface area contributed by atoms with Crippen LogP contribution in [-0.2, 0) is 0 Å². The van der Waals surface area contributed by atoms with Crippen LogP contribution < -0.4 is 5.73 Å². The molecule has 0 aliphatic heterocycles. The van der Waals surface area contributed by atoms with Crippen LogP contribution in [0.3, 0.4) is 0 Å². The molecule has 1 aromatic heterocycles. The highest BCUT2D eigenvalue weighted by molar-refractivity contribution is 7.05. The van der Waals surface area contributed by atoms with E-state index < -0.39 is 5.92 Å². The third-order valence-corrected chi connectivity index (χ3v) is 3.58. The van der Waals surface area contributed by atoms with E-state index in [0.29, 0.717) is 6.42 Å². The third-order valence-electron chi connectivity index (χ3n) is 2.74. The Kier molecular flexibility index (Phi) is 2.53. The van der Waals surface area contributed by atoms with E-state index in [1.54, 1.807) is 6.20 Å². The molecule has 2 nitrogen and oxygen atoms in total. The molecule has 0 radical (unpaired) electrons. The summed E-state index contributed by atoms with van der Waals surface area (Å²) in [5.74, 6) is -2.60. The third kappa shape index (κ3) is 1.93. The lowest BCUT2D eigenvalue weighted by Crippen LogP contribution is -2.20. The Balaban J connectivity index is 2.04. The van der Waals surface area contributed by atoms with E-state index in [-0.39, 0.29) is 24.8 Å². The van der Waals surface area contributed by atoms with E-state index in [0.717, 1.165) is 4.88 Å². The second-order valence-corrected chi connectivity index (χ2v) is 4.66. The Morgan fingerprint density at radius 3 is 2.93 bits per heavy atom. The Morgan fingerprint density at radius 2 is 2.43 bits per heavy atom. The maximum atomic E-state index is 12.9. The molecule has 0 amide bonds. The normalized spacial score (nSPS) is 27.8. The van der Waals surface area contributed by atoms with E-state index in [9.17, 15) is 8.78 Å². The van der Waals surface area contributed by atoms with Crippen molar-refractivity contribution < 1.29 is 8.78 Å². The Morgan fingerprint density at radius 1 is 1.64 bits per heavy atom. The first-order chi connectivity index (χ1) is 6.58. The summed E-state index contributed by atoms with van der Waals surface area (Å²) in [4.78, 5) is 0.910. The molecule has 1 fully saturated rings. The molecule has 5 heteroatoms. The van der Waals surface area contributed by atoms with Crippen molar-refractivity contribution >= 4 is 11.5 Å². The summed E-state index contributed by atoms with van der Waals surface area (Å²) in [6.07, 6.45) is 2.08. The highest BCUT2D eigenvalue weighted by Gasteiger charge is 2.42. The Labute approximate surface area is 85.3 Å². The average Bonchev–Trinajstić information content (AvgIpc) is 2.72. The monoisotopic (exact) mass is 218 g/mol. The molecule has 2 unspecified atom stereocenters. The van der Waals surface area contributed by atoms with Crippen LogP contribution in [0.4, 0.5) is 8.78 Å². The summed E-state index contributed by atoms with van der Waals surface area (Å²) in [7, 11) is 0. The predicted molar refractivity (Wildman–Crippen MR) is 51.3 cm³/mol. The lowest BCUT2D eigenvalue weighted by Gasteiger charge is -2.16. The van der Waals surface area contributed by atoms with Gasteiger partial charge in [0.25, 0.3) is 0 Å². The van der Waals surface area contributed by atoms with Gasteiger partial charge in [-0.25, -0.2) is 13.2 Å².